The normalized spacial score (nSPS) is 24.4. The predicted octanol–water partition coefficient (Wildman–Crippen LogP) is 3.36. The number of carbonyl (C=O) groups excluding carboxylic acids is 2. The summed E-state index contributed by atoms with van der Waals surface area (Å²) in [6.45, 7) is 16.0. The minimum atomic E-state index is -1.95. The first kappa shape index (κ1) is 28.8. The standard InChI is InChI=1S/C27H44N2O6Si/c1-26(2,3)36(7,8)33-17-20(14-19-12-10-9-11-13-19)15-28-25(31)23-24-21(34-27(4,5)35-24)16-29(23)22(30)18-32-6/h9-13,20-21,23-24H,14-18H2,1-8H3,(H,28,31)/t20-,21+,23+,24+/m1/s1. The molecule has 2 aliphatic rings. The summed E-state index contributed by atoms with van der Waals surface area (Å²) in [5.41, 5.74) is 1.20. The van der Waals surface area contributed by atoms with Crippen LogP contribution in [-0.4, -0.2) is 82.5 Å². The van der Waals surface area contributed by atoms with E-state index in [9.17, 15) is 9.59 Å². The molecule has 1 aromatic rings. The maximum atomic E-state index is 13.5. The molecule has 2 saturated heterocycles. The van der Waals surface area contributed by atoms with E-state index < -0.39 is 26.3 Å². The van der Waals surface area contributed by atoms with Crippen molar-refractivity contribution in [1.82, 2.24) is 10.2 Å². The van der Waals surface area contributed by atoms with Crippen molar-refractivity contribution in [3.63, 3.8) is 0 Å². The third-order valence-electron chi connectivity index (χ3n) is 7.52. The minimum Gasteiger partial charge on any atom is -0.416 e. The summed E-state index contributed by atoms with van der Waals surface area (Å²) in [6.07, 6.45) is -0.0822. The van der Waals surface area contributed by atoms with Crippen molar-refractivity contribution in [2.45, 2.75) is 83.2 Å². The Balaban J connectivity index is 1.72. The number of nitrogens with one attached hydrogen (secondary N) is 1. The predicted molar refractivity (Wildman–Crippen MR) is 141 cm³/mol. The highest BCUT2D eigenvalue weighted by Gasteiger charge is 2.56. The van der Waals surface area contributed by atoms with Gasteiger partial charge in [0.15, 0.2) is 14.1 Å². The first-order chi connectivity index (χ1) is 16.7. The lowest BCUT2D eigenvalue weighted by Crippen LogP contribution is -2.53. The number of amides is 2. The van der Waals surface area contributed by atoms with E-state index in [2.05, 4.69) is 51.3 Å². The van der Waals surface area contributed by atoms with Crippen LogP contribution in [-0.2, 0) is 34.6 Å². The maximum absolute atomic E-state index is 13.5. The Bertz CT molecular complexity index is 901. The van der Waals surface area contributed by atoms with Crippen LogP contribution >= 0.6 is 0 Å². The van der Waals surface area contributed by atoms with E-state index in [0.29, 0.717) is 19.7 Å². The maximum Gasteiger partial charge on any atom is 0.249 e. The Morgan fingerprint density at radius 1 is 1.19 bits per heavy atom. The number of fused-ring (bicyclic) bond motifs is 1. The van der Waals surface area contributed by atoms with E-state index in [1.807, 2.05) is 32.0 Å². The highest BCUT2D eigenvalue weighted by Crippen LogP contribution is 2.38. The van der Waals surface area contributed by atoms with Crippen molar-refractivity contribution >= 4 is 20.1 Å². The second-order valence-corrected chi connectivity index (χ2v) is 16.7. The number of nitrogens with zero attached hydrogens (tertiary/aromatic N) is 1. The van der Waals surface area contributed by atoms with Crippen molar-refractivity contribution in [3.05, 3.63) is 35.9 Å². The summed E-state index contributed by atoms with van der Waals surface area (Å²) in [4.78, 5) is 27.8. The molecule has 8 nitrogen and oxygen atoms in total. The lowest BCUT2D eigenvalue weighted by atomic mass is 10.00. The topological polar surface area (TPSA) is 86.3 Å². The van der Waals surface area contributed by atoms with E-state index in [-0.39, 0.29) is 35.5 Å². The molecule has 36 heavy (non-hydrogen) atoms. The number of ether oxygens (including phenoxy) is 3. The van der Waals surface area contributed by atoms with E-state index in [1.165, 1.54) is 17.6 Å². The molecule has 1 N–H and O–H groups in total. The van der Waals surface area contributed by atoms with Gasteiger partial charge >= 0.3 is 0 Å². The van der Waals surface area contributed by atoms with Crippen LogP contribution in [0.1, 0.15) is 40.2 Å². The number of hydrogen-bond donors (Lipinski definition) is 1. The van der Waals surface area contributed by atoms with E-state index >= 15 is 0 Å². The monoisotopic (exact) mass is 520 g/mol. The lowest BCUT2D eigenvalue weighted by molar-refractivity contribution is -0.171. The van der Waals surface area contributed by atoms with Crippen molar-refractivity contribution in [2.24, 2.45) is 5.92 Å². The van der Waals surface area contributed by atoms with Gasteiger partial charge in [-0.15, -0.1) is 0 Å². The quantitative estimate of drug-likeness (QED) is 0.476. The molecule has 2 fully saturated rings. The summed E-state index contributed by atoms with van der Waals surface area (Å²) in [6, 6.07) is 9.48. The fourth-order valence-corrected chi connectivity index (χ4v) is 5.63. The van der Waals surface area contributed by atoms with Gasteiger partial charge in [-0.05, 0) is 44.0 Å². The largest absolute Gasteiger partial charge is 0.416 e. The van der Waals surface area contributed by atoms with Crippen LogP contribution in [0.2, 0.25) is 18.1 Å². The summed E-state index contributed by atoms with van der Waals surface area (Å²) in [7, 11) is -0.483. The molecule has 0 bridgehead atoms. The molecule has 4 atom stereocenters. The Labute approximate surface area is 217 Å². The average Bonchev–Trinajstić information content (AvgIpc) is 3.27. The summed E-state index contributed by atoms with van der Waals surface area (Å²) >= 11 is 0. The van der Waals surface area contributed by atoms with Gasteiger partial charge in [-0.1, -0.05) is 51.1 Å². The molecule has 2 heterocycles. The smallest absolute Gasteiger partial charge is 0.249 e. The molecule has 0 spiro atoms. The van der Waals surface area contributed by atoms with Crippen molar-refractivity contribution in [1.29, 1.82) is 0 Å². The fraction of sp³-hybridized carbons (Fsp3) is 0.704. The molecule has 0 aliphatic carbocycles. The Kier molecular flexibility index (Phi) is 9.04. The zero-order valence-electron chi connectivity index (χ0n) is 23.1. The van der Waals surface area contributed by atoms with Gasteiger partial charge in [0.05, 0.1) is 6.54 Å². The Morgan fingerprint density at radius 2 is 1.86 bits per heavy atom. The lowest BCUT2D eigenvalue weighted by Gasteiger charge is -2.37. The molecule has 9 heteroatoms. The van der Waals surface area contributed by atoms with Crippen molar-refractivity contribution < 1.29 is 28.2 Å². The van der Waals surface area contributed by atoms with E-state index in [1.54, 1.807) is 0 Å². The fourth-order valence-electron chi connectivity index (χ4n) is 4.54. The first-order valence-electron chi connectivity index (χ1n) is 12.8. The van der Waals surface area contributed by atoms with Gasteiger partial charge in [-0.25, -0.2) is 0 Å². The van der Waals surface area contributed by atoms with Crippen LogP contribution in [0.4, 0.5) is 0 Å². The highest BCUT2D eigenvalue weighted by atomic mass is 28.4. The third-order valence-corrected chi connectivity index (χ3v) is 12.0. The molecule has 0 aromatic heterocycles. The molecule has 0 unspecified atom stereocenters. The van der Waals surface area contributed by atoms with Gasteiger partial charge in [0.1, 0.15) is 24.9 Å². The second kappa shape index (κ2) is 11.3. The third kappa shape index (κ3) is 6.95. The van der Waals surface area contributed by atoms with Crippen molar-refractivity contribution in [3.8, 4) is 0 Å². The minimum absolute atomic E-state index is 0.0861. The molecule has 0 saturated carbocycles. The van der Waals surface area contributed by atoms with Gasteiger partial charge in [0.2, 0.25) is 11.8 Å². The molecular weight excluding hydrogens is 476 g/mol. The zero-order chi connectivity index (χ0) is 26.7. The van der Waals surface area contributed by atoms with Gasteiger partial charge in [-0.2, -0.15) is 0 Å². The SMILES string of the molecule is COCC(=O)N1C[C@@H]2OC(C)(C)O[C@@H]2[C@H]1C(=O)NC[C@H](CO[Si](C)(C)C(C)(C)C)Cc1ccccc1. The molecule has 0 radical (unpaired) electrons. The molecule has 2 amide bonds. The van der Waals surface area contributed by atoms with Crippen LogP contribution in [0.3, 0.4) is 0 Å². The number of likely N-dealkylation sites (tertiary alicyclic amines) is 1. The average molecular weight is 521 g/mol. The summed E-state index contributed by atoms with van der Waals surface area (Å²) < 4.78 is 23.6. The van der Waals surface area contributed by atoms with Crippen molar-refractivity contribution in [2.75, 3.05) is 33.4 Å². The molecule has 2 aliphatic heterocycles. The summed E-state index contributed by atoms with van der Waals surface area (Å²) in [5, 5.41) is 3.21. The number of methoxy groups -OCH3 is 1. The molecule has 3 rings (SSSR count). The zero-order valence-corrected chi connectivity index (χ0v) is 24.1. The Morgan fingerprint density at radius 3 is 2.47 bits per heavy atom. The van der Waals surface area contributed by atoms with Crippen LogP contribution in [0.5, 0.6) is 0 Å². The van der Waals surface area contributed by atoms with Gasteiger partial charge < -0.3 is 28.9 Å². The van der Waals surface area contributed by atoms with Crippen LogP contribution in [0, 0.1) is 5.92 Å². The van der Waals surface area contributed by atoms with Gasteiger partial charge in [-0.3, -0.25) is 9.59 Å². The van der Waals surface area contributed by atoms with Crippen LogP contribution in [0.25, 0.3) is 0 Å². The van der Waals surface area contributed by atoms with E-state index in [0.717, 1.165) is 6.42 Å². The number of rotatable bonds is 10. The molecule has 1 aromatic carbocycles. The van der Waals surface area contributed by atoms with Crippen LogP contribution < -0.4 is 5.32 Å². The number of carbonyl (C=O) groups is 2. The molecular formula is C27H44N2O6Si. The number of benzene rings is 1. The van der Waals surface area contributed by atoms with Crippen LogP contribution in [0.15, 0.2) is 30.3 Å². The van der Waals surface area contributed by atoms with E-state index in [4.69, 9.17) is 18.6 Å². The first-order valence-corrected chi connectivity index (χ1v) is 15.7. The Hall–Kier alpha value is -1.78. The molecule has 202 valence electrons. The second-order valence-electron chi connectivity index (χ2n) is 11.9. The van der Waals surface area contributed by atoms with Gasteiger partial charge in [0.25, 0.3) is 0 Å². The highest BCUT2D eigenvalue weighted by molar-refractivity contribution is 6.74. The summed E-state index contributed by atoms with van der Waals surface area (Å²) in [5.74, 6) is -1.20. The van der Waals surface area contributed by atoms with Gasteiger partial charge in [0, 0.05) is 26.2 Å². The number of hydrogen-bond acceptors (Lipinski definition) is 6.